The lowest BCUT2D eigenvalue weighted by molar-refractivity contribution is 0.530. The lowest BCUT2D eigenvalue weighted by atomic mass is 10.5. The van der Waals surface area contributed by atoms with Crippen molar-refractivity contribution in [3.63, 3.8) is 0 Å². The second kappa shape index (κ2) is 4.37. The van der Waals surface area contributed by atoms with Gasteiger partial charge in [-0.25, -0.2) is 4.98 Å². The Morgan fingerprint density at radius 3 is 3.07 bits per heavy atom. The average molecular weight is 208 g/mol. The lowest BCUT2D eigenvalue weighted by Crippen LogP contribution is -1.82. The van der Waals surface area contributed by atoms with E-state index in [-0.39, 0.29) is 0 Å². The molecule has 0 aromatic carbocycles. The summed E-state index contributed by atoms with van der Waals surface area (Å²) in [6.07, 6.45) is 5.56. The van der Waals surface area contributed by atoms with Crippen LogP contribution in [-0.2, 0) is 18.6 Å². The van der Waals surface area contributed by atoms with Gasteiger partial charge in [0.2, 0.25) is 0 Å². The van der Waals surface area contributed by atoms with Crippen LogP contribution in [0.3, 0.4) is 0 Å². The summed E-state index contributed by atoms with van der Waals surface area (Å²) >= 11 is 1.81. The highest BCUT2D eigenvalue weighted by Gasteiger charge is 1.99. The Kier molecular flexibility index (Phi) is 2.93. The molecule has 0 unspecified atom stereocenters. The molecule has 74 valence electrons. The maximum Gasteiger partial charge on any atom is 0.113 e. The van der Waals surface area contributed by atoms with Crippen molar-refractivity contribution < 1.29 is 4.42 Å². The fourth-order valence-corrected chi connectivity index (χ4v) is 2.02. The first-order chi connectivity index (χ1) is 6.84. The van der Waals surface area contributed by atoms with E-state index in [4.69, 9.17) is 4.42 Å². The minimum absolute atomic E-state index is 0.906. The number of thioether (sulfide) groups is 1. The molecule has 0 N–H and O–H groups in total. The number of aryl methyl sites for hydroxylation is 1. The summed E-state index contributed by atoms with van der Waals surface area (Å²) in [5.41, 5.74) is 1.11. The molecule has 0 aliphatic rings. The predicted molar refractivity (Wildman–Crippen MR) is 56.9 cm³/mol. The molecule has 0 radical (unpaired) electrons. The Bertz CT molecular complexity index is 380. The van der Waals surface area contributed by atoms with Crippen LogP contribution in [0, 0.1) is 0 Å². The van der Waals surface area contributed by atoms with Crippen LogP contribution in [0.1, 0.15) is 11.5 Å². The molecule has 0 saturated heterocycles. The van der Waals surface area contributed by atoms with E-state index < -0.39 is 0 Å². The summed E-state index contributed by atoms with van der Waals surface area (Å²) in [7, 11) is 1.98. The number of imidazole rings is 1. The number of rotatable bonds is 4. The van der Waals surface area contributed by atoms with Gasteiger partial charge in [-0.05, 0) is 12.1 Å². The van der Waals surface area contributed by atoms with E-state index in [1.807, 2.05) is 48.0 Å². The third-order valence-electron chi connectivity index (χ3n) is 1.83. The molecule has 2 heterocycles. The van der Waals surface area contributed by atoms with Gasteiger partial charge in [0, 0.05) is 19.0 Å². The Balaban J connectivity index is 1.78. The van der Waals surface area contributed by atoms with E-state index in [0.29, 0.717) is 0 Å². The van der Waals surface area contributed by atoms with Gasteiger partial charge in [-0.3, -0.25) is 0 Å². The van der Waals surface area contributed by atoms with Crippen molar-refractivity contribution in [1.29, 1.82) is 0 Å². The highest BCUT2D eigenvalue weighted by Crippen LogP contribution is 2.16. The summed E-state index contributed by atoms with van der Waals surface area (Å²) in [5.74, 6) is 2.86. The normalized spacial score (nSPS) is 10.6. The molecule has 2 aromatic heterocycles. The SMILES string of the molecule is Cn1cnc(CSCc2ccco2)c1. The van der Waals surface area contributed by atoms with Crippen LogP contribution in [0.5, 0.6) is 0 Å². The molecule has 0 aliphatic heterocycles. The summed E-state index contributed by atoms with van der Waals surface area (Å²) in [6.45, 7) is 0. The van der Waals surface area contributed by atoms with Crippen LogP contribution in [0.15, 0.2) is 35.3 Å². The molecular formula is C10H12N2OS. The van der Waals surface area contributed by atoms with Gasteiger partial charge in [-0.2, -0.15) is 0 Å². The molecule has 0 atom stereocenters. The minimum Gasteiger partial charge on any atom is -0.468 e. The second-order valence-corrected chi connectivity index (χ2v) is 4.09. The van der Waals surface area contributed by atoms with Crippen LogP contribution in [-0.4, -0.2) is 9.55 Å². The number of hydrogen-bond donors (Lipinski definition) is 0. The van der Waals surface area contributed by atoms with Crippen LogP contribution in [0.25, 0.3) is 0 Å². The maximum atomic E-state index is 5.23. The van der Waals surface area contributed by atoms with Crippen LogP contribution < -0.4 is 0 Å². The predicted octanol–water partition coefficient (Wildman–Crippen LogP) is 2.45. The van der Waals surface area contributed by atoms with Gasteiger partial charge >= 0.3 is 0 Å². The summed E-state index contributed by atoms with van der Waals surface area (Å²) < 4.78 is 7.19. The molecular weight excluding hydrogens is 196 g/mol. The average Bonchev–Trinajstić information content (AvgIpc) is 2.77. The Morgan fingerprint density at radius 2 is 2.43 bits per heavy atom. The molecule has 0 bridgehead atoms. The van der Waals surface area contributed by atoms with Gasteiger partial charge in [0.15, 0.2) is 0 Å². The van der Waals surface area contributed by atoms with Gasteiger partial charge in [0.1, 0.15) is 5.76 Å². The molecule has 0 fully saturated rings. The fraction of sp³-hybridized carbons (Fsp3) is 0.300. The Hall–Kier alpha value is -1.16. The third-order valence-corrected chi connectivity index (χ3v) is 2.82. The smallest absolute Gasteiger partial charge is 0.113 e. The third kappa shape index (κ3) is 2.42. The van der Waals surface area contributed by atoms with Crippen molar-refractivity contribution in [2.75, 3.05) is 0 Å². The monoisotopic (exact) mass is 208 g/mol. The van der Waals surface area contributed by atoms with Crippen molar-refractivity contribution in [2.24, 2.45) is 7.05 Å². The largest absolute Gasteiger partial charge is 0.468 e. The Morgan fingerprint density at radius 1 is 1.50 bits per heavy atom. The lowest BCUT2D eigenvalue weighted by Gasteiger charge is -1.95. The first-order valence-corrected chi connectivity index (χ1v) is 5.57. The number of nitrogens with zero attached hydrogens (tertiary/aromatic N) is 2. The quantitative estimate of drug-likeness (QED) is 0.773. The fourth-order valence-electron chi connectivity index (χ4n) is 1.19. The standard InChI is InChI=1S/C10H12N2OS/c1-12-5-9(11-8-12)6-14-7-10-3-2-4-13-10/h2-5,8H,6-7H2,1H3. The minimum atomic E-state index is 0.906. The molecule has 0 aliphatic carbocycles. The first-order valence-electron chi connectivity index (χ1n) is 4.41. The molecule has 14 heavy (non-hydrogen) atoms. The summed E-state index contributed by atoms with van der Waals surface area (Å²) in [5, 5.41) is 0. The second-order valence-electron chi connectivity index (χ2n) is 3.10. The first kappa shape index (κ1) is 9.40. The zero-order valence-electron chi connectivity index (χ0n) is 8.01. The number of aromatic nitrogens is 2. The van der Waals surface area contributed by atoms with Gasteiger partial charge in [0.25, 0.3) is 0 Å². The van der Waals surface area contributed by atoms with Crippen LogP contribution in [0.2, 0.25) is 0 Å². The zero-order valence-corrected chi connectivity index (χ0v) is 8.83. The van der Waals surface area contributed by atoms with Crippen molar-refractivity contribution in [3.05, 3.63) is 42.4 Å². The highest BCUT2D eigenvalue weighted by molar-refractivity contribution is 7.97. The van der Waals surface area contributed by atoms with Crippen LogP contribution in [0.4, 0.5) is 0 Å². The van der Waals surface area contributed by atoms with Gasteiger partial charge < -0.3 is 8.98 Å². The van der Waals surface area contributed by atoms with Crippen molar-refractivity contribution >= 4 is 11.8 Å². The maximum absolute atomic E-state index is 5.23. The number of furan rings is 1. The van der Waals surface area contributed by atoms with Crippen LogP contribution >= 0.6 is 11.8 Å². The molecule has 0 spiro atoms. The van der Waals surface area contributed by atoms with E-state index in [1.54, 1.807) is 6.26 Å². The van der Waals surface area contributed by atoms with Gasteiger partial charge in [0.05, 0.1) is 24.0 Å². The highest BCUT2D eigenvalue weighted by atomic mass is 32.2. The molecule has 3 nitrogen and oxygen atoms in total. The summed E-state index contributed by atoms with van der Waals surface area (Å²) in [6, 6.07) is 3.90. The Labute approximate surface area is 87.1 Å². The van der Waals surface area contributed by atoms with E-state index in [2.05, 4.69) is 4.98 Å². The topological polar surface area (TPSA) is 31.0 Å². The molecule has 0 amide bonds. The number of hydrogen-bond acceptors (Lipinski definition) is 3. The van der Waals surface area contributed by atoms with E-state index in [0.717, 1.165) is 23.0 Å². The van der Waals surface area contributed by atoms with Crippen molar-refractivity contribution in [3.8, 4) is 0 Å². The van der Waals surface area contributed by atoms with E-state index >= 15 is 0 Å². The van der Waals surface area contributed by atoms with E-state index in [9.17, 15) is 0 Å². The van der Waals surface area contributed by atoms with Crippen molar-refractivity contribution in [1.82, 2.24) is 9.55 Å². The summed E-state index contributed by atoms with van der Waals surface area (Å²) in [4.78, 5) is 4.25. The van der Waals surface area contributed by atoms with Gasteiger partial charge in [-0.1, -0.05) is 0 Å². The van der Waals surface area contributed by atoms with Gasteiger partial charge in [-0.15, -0.1) is 11.8 Å². The molecule has 2 rings (SSSR count). The van der Waals surface area contributed by atoms with E-state index in [1.165, 1.54) is 0 Å². The molecule has 0 saturated carbocycles. The van der Waals surface area contributed by atoms with Crippen molar-refractivity contribution in [2.45, 2.75) is 11.5 Å². The molecule has 2 aromatic rings. The zero-order chi connectivity index (χ0) is 9.80. The molecule has 4 heteroatoms.